The summed E-state index contributed by atoms with van der Waals surface area (Å²) in [6, 6.07) is 5.75. The Balaban J connectivity index is 1.69. The zero-order chi connectivity index (χ0) is 29.0. The summed E-state index contributed by atoms with van der Waals surface area (Å²) in [7, 11) is 4.76. The van der Waals surface area contributed by atoms with Gasteiger partial charge >= 0.3 is 5.97 Å². The summed E-state index contributed by atoms with van der Waals surface area (Å²) in [5, 5.41) is 3.70. The second-order valence-corrected chi connectivity index (χ2v) is 11.5. The molecule has 2 heterocycles. The van der Waals surface area contributed by atoms with Crippen LogP contribution in [-0.4, -0.2) is 60.7 Å². The van der Waals surface area contributed by atoms with E-state index in [1.807, 2.05) is 25.1 Å². The largest absolute Gasteiger partial charge is 0.496 e. The number of allylic oxidation sites excluding steroid dienone is 1. The Morgan fingerprint density at radius 2 is 1.93 bits per heavy atom. The Hall–Kier alpha value is -3.55. The number of carbonyl (C=O) groups excluding carboxylic acids is 2. The predicted octanol–water partition coefficient (Wildman–Crippen LogP) is 5.97. The number of esters is 1. The van der Waals surface area contributed by atoms with Crippen molar-refractivity contribution in [2.45, 2.75) is 58.5 Å². The average molecular weight is 565 g/mol. The highest BCUT2D eigenvalue weighted by atomic mass is 32.1. The van der Waals surface area contributed by atoms with Crippen molar-refractivity contribution in [3.63, 3.8) is 0 Å². The fourth-order valence-corrected chi connectivity index (χ4v) is 6.21. The highest BCUT2D eigenvalue weighted by Gasteiger charge is 2.45. The summed E-state index contributed by atoms with van der Waals surface area (Å²) >= 11 is 1.55. The fraction of sp³-hybridized carbons (Fsp3) is 0.484. The first-order valence-electron chi connectivity index (χ1n) is 13.6. The molecule has 1 aliphatic carbocycles. The number of rotatable bonds is 11. The maximum atomic E-state index is 13.4. The number of carbonyl (C=O) groups is 2. The molecule has 1 saturated carbocycles. The lowest BCUT2D eigenvalue weighted by atomic mass is 9.94. The highest BCUT2D eigenvalue weighted by molar-refractivity contribution is 7.13. The van der Waals surface area contributed by atoms with Gasteiger partial charge in [0.15, 0.2) is 6.08 Å². The zero-order valence-electron chi connectivity index (χ0n) is 24.1. The number of nitrogens with zero attached hydrogens (tertiary/aromatic N) is 3. The van der Waals surface area contributed by atoms with Gasteiger partial charge in [0.2, 0.25) is 12.5 Å². The van der Waals surface area contributed by atoms with Gasteiger partial charge in [-0.05, 0) is 44.2 Å². The van der Waals surface area contributed by atoms with Gasteiger partial charge in [-0.2, -0.15) is 0 Å². The number of hydrogen-bond acceptors (Lipinski definition) is 8. The first kappa shape index (κ1) is 29.4. The molecule has 1 aromatic carbocycles. The molecule has 40 heavy (non-hydrogen) atoms. The van der Waals surface area contributed by atoms with Crippen LogP contribution in [-0.2, 0) is 14.3 Å². The van der Waals surface area contributed by atoms with E-state index < -0.39 is 17.8 Å². The molecule has 0 aliphatic heterocycles. The van der Waals surface area contributed by atoms with Crippen LogP contribution in [0.4, 0.5) is 0 Å². The molecular formula is C31H38N3O5S+. The van der Waals surface area contributed by atoms with Gasteiger partial charge in [0.1, 0.15) is 28.3 Å². The maximum absolute atomic E-state index is 13.4. The van der Waals surface area contributed by atoms with E-state index in [2.05, 4.69) is 19.2 Å². The number of benzene rings is 1. The van der Waals surface area contributed by atoms with Crippen LogP contribution in [0.15, 0.2) is 29.7 Å². The van der Waals surface area contributed by atoms with Crippen molar-refractivity contribution >= 4 is 34.1 Å². The lowest BCUT2D eigenvalue weighted by molar-refractivity contribution is -0.151. The van der Waals surface area contributed by atoms with Gasteiger partial charge in [0.05, 0.1) is 37.3 Å². The molecule has 0 N–H and O–H groups in total. The van der Waals surface area contributed by atoms with Crippen LogP contribution in [0, 0.1) is 25.3 Å². The number of hydrogen-bond donors (Lipinski definition) is 0. The molecule has 0 bridgehead atoms. The standard InChI is InChI=1S/C31H38N3O5S/c1-8-9-10-13-34(5)30(35)22-14-20(15-23(22)31(36)38-7)39-27-16-24(29-33-25(17-40-29)18(2)3)32-28-19(4)26(37-6)12-11-21(27)28/h1,8,11-12,16-18,20,22-23H,9-10,13-15H2,2-7H3/q+1/t20-,22+,23+/m0/s1. The van der Waals surface area contributed by atoms with Crippen LogP contribution in [0.2, 0.25) is 0 Å². The van der Waals surface area contributed by atoms with Crippen molar-refractivity contribution < 1.29 is 23.8 Å². The van der Waals surface area contributed by atoms with Gasteiger partial charge < -0.3 is 19.1 Å². The van der Waals surface area contributed by atoms with E-state index in [1.54, 1.807) is 36.5 Å². The third-order valence-corrected chi connectivity index (χ3v) is 8.46. The van der Waals surface area contributed by atoms with E-state index in [-0.39, 0.29) is 12.0 Å². The lowest BCUT2D eigenvalue weighted by Crippen LogP contribution is -2.37. The number of methoxy groups -OCH3 is 2. The van der Waals surface area contributed by atoms with Gasteiger partial charge in [-0.3, -0.25) is 9.59 Å². The van der Waals surface area contributed by atoms with E-state index in [1.165, 1.54) is 7.11 Å². The van der Waals surface area contributed by atoms with E-state index in [0.29, 0.717) is 43.2 Å². The number of thiazole rings is 1. The Kier molecular flexibility index (Phi) is 9.38. The number of ether oxygens (including phenoxy) is 3. The summed E-state index contributed by atoms with van der Waals surface area (Å²) in [6.45, 7) is 12.2. The summed E-state index contributed by atoms with van der Waals surface area (Å²) in [6.07, 6.45) is 3.51. The molecule has 0 saturated heterocycles. The van der Waals surface area contributed by atoms with Crippen LogP contribution in [0.1, 0.15) is 56.7 Å². The third kappa shape index (κ3) is 6.11. The van der Waals surface area contributed by atoms with Gasteiger partial charge in [-0.1, -0.05) is 13.8 Å². The molecule has 1 amide bonds. The summed E-state index contributed by atoms with van der Waals surface area (Å²) in [5.41, 5.74) is 3.39. The van der Waals surface area contributed by atoms with Crippen molar-refractivity contribution in [1.29, 1.82) is 0 Å². The molecule has 3 aromatic rings. The van der Waals surface area contributed by atoms with Gasteiger partial charge in [-0.15, -0.1) is 11.3 Å². The van der Waals surface area contributed by atoms with Gasteiger partial charge in [0, 0.05) is 42.4 Å². The van der Waals surface area contributed by atoms with Crippen molar-refractivity contribution in [3.8, 4) is 22.2 Å². The molecule has 0 spiro atoms. The smallest absolute Gasteiger partial charge is 0.309 e. The molecule has 8 nitrogen and oxygen atoms in total. The minimum Gasteiger partial charge on any atom is -0.496 e. The van der Waals surface area contributed by atoms with E-state index in [9.17, 15) is 9.59 Å². The van der Waals surface area contributed by atoms with Crippen molar-refractivity contribution in [3.05, 3.63) is 47.5 Å². The number of amides is 1. The van der Waals surface area contributed by atoms with Crippen molar-refractivity contribution in [2.75, 3.05) is 27.8 Å². The predicted molar refractivity (Wildman–Crippen MR) is 157 cm³/mol. The average Bonchev–Trinajstić information content (AvgIpc) is 3.61. The second kappa shape index (κ2) is 12.7. The minimum atomic E-state index is -0.576. The number of aromatic nitrogens is 2. The molecule has 3 atom stereocenters. The third-order valence-electron chi connectivity index (χ3n) is 7.57. The van der Waals surface area contributed by atoms with Crippen molar-refractivity contribution in [2.24, 2.45) is 11.8 Å². The highest BCUT2D eigenvalue weighted by Crippen LogP contribution is 2.41. The number of fused-ring (bicyclic) bond motifs is 1. The molecule has 0 radical (unpaired) electrons. The molecule has 1 aliphatic rings. The summed E-state index contributed by atoms with van der Waals surface area (Å²) in [4.78, 5) is 37.6. The van der Waals surface area contributed by atoms with E-state index in [0.717, 1.165) is 39.3 Å². The van der Waals surface area contributed by atoms with Crippen LogP contribution in [0.3, 0.4) is 0 Å². The quantitative estimate of drug-likeness (QED) is 0.161. The first-order valence-corrected chi connectivity index (χ1v) is 14.5. The molecule has 2 aromatic heterocycles. The normalized spacial score (nSPS) is 18.6. The van der Waals surface area contributed by atoms with Crippen LogP contribution in [0.5, 0.6) is 11.5 Å². The number of unbranched alkanes of at least 4 members (excludes halogenated alkanes) is 1. The molecule has 4 rings (SSSR count). The van der Waals surface area contributed by atoms with Crippen LogP contribution < -0.4 is 9.47 Å². The molecular weight excluding hydrogens is 526 g/mol. The van der Waals surface area contributed by atoms with E-state index >= 15 is 0 Å². The Morgan fingerprint density at radius 3 is 2.58 bits per heavy atom. The summed E-state index contributed by atoms with van der Waals surface area (Å²) < 4.78 is 17.3. The fourth-order valence-electron chi connectivity index (χ4n) is 5.27. The number of aryl methyl sites for hydroxylation is 1. The molecule has 0 unspecified atom stereocenters. The zero-order valence-corrected chi connectivity index (χ0v) is 24.9. The minimum absolute atomic E-state index is 0.0802. The maximum Gasteiger partial charge on any atom is 0.309 e. The monoisotopic (exact) mass is 564 g/mol. The van der Waals surface area contributed by atoms with Crippen LogP contribution in [0.25, 0.3) is 21.6 Å². The van der Waals surface area contributed by atoms with Gasteiger partial charge in [0.25, 0.3) is 0 Å². The topological polar surface area (TPSA) is 90.9 Å². The lowest BCUT2D eigenvalue weighted by Gasteiger charge is -2.23. The molecule has 9 heteroatoms. The molecule has 1 fully saturated rings. The Morgan fingerprint density at radius 1 is 1.18 bits per heavy atom. The van der Waals surface area contributed by atoms with Crippen LogP contribution >= 0.6 is 11.3 Å². The summed E-state index contributed by atoms with van der Waals surface area (Å²) in [5.74, 6) is 0.108. The van der Waals surface area contributed by atoms with Gasteiger partial charge in [-0.25, -0.2) is 9.97 Å². The molecule has 212 valence electrons. The van der Waals surface area contributed by atoms with E-state index in [4.69, 9.17) is 30.8 Å². The van der Waals surface area contributed by atoms with Crippen molar-refractivity contribution in [1.82, 2.24) is 14.9 Å². The Bertz CT molecular complexity index is 1380. The first-order chi connectivity index (χ1) is 19.2. The second-order valence-electron chi connectivity index (χ2n) is 10.6. The SMILES string of the molecule is [CH+]=CCCCN(C)C(=O)[C@@H]1C[C@H](Oc2cc(-c3nc(C(C)C)cs3)nc3c(C)c(OC)ccc23)C[C@H]1C(=O)OC. The number of pyridine rings is 1. The Labute approximate surface area is 240 Å².